The van der Waals surface area contributed by atoms with Gasteiger partial charge in [-0.25, -0.2) is 0 Å². The van der Waals surface area contributed by atoms with E-state index >= 15 is 0 Å². The molecule has 1 heterocycles. The molecule has 0 aliphatic carbocycles. The lowest BCUT2D eigenvalue weighted by Crippen LogP contribution is -2.38. The Kier molecular flexibility index (Phi) is 5.65. The summed E-state index contributed by atoms with van der Waals surface area (Å²) in [6.45, 7) is 3.03. The van der Waals surface area contributed by atoms with Crippen molar-refractivity contribution in [2.24, 2.45) is 5.92 Å². The number of carbonyl (C=O) groups is 1. The molecule has 0 aromatic heterocycles. The maximum atomic E-state index is 12.9. The van der Waals surface area contributed by atoms with Gasteiger partial charge < -0.3 is 10.2 Å². The van der Waals surface area contributed by atoms with Gasteiger partial charge in [-0.15, -0.1) is 0 Å². The van der Waals surface area contributed by atoms with E-state index in [1.165, 1.54) is 0 Å². The maximum absolute atomic E-state index is 12.9. The number of carbonyl (C=O) groups excluding carboxylic acids is 1. The molecule has 24 heavy (non-hydrogen) atoms. The number of likely N-dealkylation sites (tertiary alicyclic amines) is 1. The molecule has 3 nitrogen and oxygen atoms in total. The fourth-order valence-electron chi connectivity index (χ4n) is 3.40. The van der Waals surface area contributed by atoms with Gasteiger partial charge in [-0.1, -0.05) is 60.7 Å². The minimum absolute atomic E-state index is 0.103. The van der Waals surface area contributed by atoms with Crippen molar-refractivity contribution >= 4 is 5.91 Å². The van der Waals surface area contributed by atoms with Crippen molar-refractivity contribution in [2.75, 3.05) is 26.7 Å². The fourth-order valence-corrected chi connectivity index (χ4v) is 3.40. The van der Waals surface area contributed by atoms with Crippen molar-refractivity contribution in [1.82, 2.24) is 10.2 Å². The van der Waals surface area contributed by atoms with Crippen molar-refractivity contribution in [3.05, 3.63) is 71.8 Å². The number of nitrogens with one attached hydrogen (secondary N) is 1. The molecule has 1 amide bonds. The zero-order valence-corrected chi connectivity index (χ0v) is 14.3. The topological polar surface area (TPSA) is 32.3 Å². The van der Waals surface area contributed by atoms with Crippen molar-refractivity contribution in [1.29, 1.82) is 0 Å². The van der Waals surface area contributed by atoms with Crippen molar-refractivity contribution < 1.29 is 4.79 Å². The first-order chi connectivity index (χ1) is 11.7. The Labute approximate surface area is 144 Å². The molecular weight excluding hydrogens is 296 g/mol. The number of nitrogens with zero attached hydrogens (tertiary/aromatic N) is 1. The van der Waals surface area contributed by atoms with E-state index in [9.17, 15) is 4.79 Å². The Morgan fingerprint density at radius 2 is 1.50 bits per heavy atom. The van der Waals surface area contributed by atoms with E-state index in [0.29, 0.717) is 5.92 Å². The van der Waals surface area contributed by atoms with Crippen LogP contribution < -0.4 is 5.32 Å². The molecule has 3 heteroatoms. The van der Waals surface area contributed by atoms with Gasteiger partial charge in [-0.05, 0) is 50.0 Å². The van der Waals surface area contributed by atoms with Gasteiger partial charge in [0.25, 0.3) is 0 Å². The quantitative estimate of drug-likeness (QED) is 0.916. The molecule has 1 fully saturated rings. The zero-order chi connectivity index (χ0) is 16.8. The van der Waals surface area contributed by atoms with Gasteiger partial charge in [0.15, 0.2) is 0 Å². The lowest BCUT2D eigenvalue weighted by atomic mass is 9.90. The van der Waals surface area contributed by atoms with Gasteiger partial charge in [0.1, 0.15) is 0 Å². The van der Waals surface area contributed by atoms with Crippen molar-refractivity contribution in [2.45, 2.75) is 18.8 Å². The first-order valence-electron chi connectivity index (χ1n) is 8.80. The monoisotopic (exact) mass is 322 g/mol. The third-order valence-electron chi connectivity index (χ3n) is 4.93. The Bertz CT molecular complexity index is 594. The van der Waals surface area contributed by atoms with Crippen LogP contribution in [0.5, 0.6) is 0 Å². The second-order valence-corrected chi connectivity index (χ2v) is 6.75. The Balaban J connectivity index is 1.70. The molecule has 126 valence electrons. The highest BCUT2D eigenvalue weighted by Crippen LogP contribution is 2.25. The van der Waals surface area contributed by atoms with Crippen LogP contribution in [0.25, 0.3) is 0 Å². The average molecular weight is 322 g/mol. The zero-order valence-electron chi connectivity index (χ0n) is 14.3. The van der Waals surface area contributed by atoms with Crippen LogP contribution in [0.1, 0.15) is 29.9 Å². The third kappa shape index (κ3) is 4.24. The molecule has 3 rings (SSSR count). The van der Waals surface area contributed by atoms with Gasteiger partial charge in [0, 0.05) is 6.54 Å². The standard InChI is InChI=1S/C21H26N2O/c1-23-14-12-17(13-15-23)16-22-21(24)20(18-8-4-2-5-9-18)19-10-6-3-7-11-19/h2-11,17,20H,12-16H2,1H3,(H,22,24). The van der Waals surface area contributed by atoms with E-state index < -0.39 is 0 Å². The number of hydrogen-bond donors (Lipinski definition) is 1. The second-order valence-electron chi connectivity index (χ2n) is 6.75. The Morgan fingerprint density at radius 3 is 2.00 bits per heavy atom. The summed E-state index contributed by atoms with van der Waals surface area (Å²) >= 11 is 0. The van der Waals surface area contributed by atoms with E-state index in [1.54, 1.807) is 0 Å². The molecule has 0 bridgehead atoms. The first kappa shape index (κ1) is 16.7. The second kappa shape index (κ2) is 8.11. The number of benzene rings is 2. The molecule has 1 aliphatic rings. The van der Waals surface area contributed by atoms with Gasteiger partial charge in [-0.3, -0.25) is 4.79 Å². The summed E-state index contributed by atoms with van der Waals surface area (Å²) in [4.78, 5) is 15.3. The fraction of sp³-hybridized carbons (Fsp3) is 0.381. The smallest absolute Gasteiger partial charge is 0.232 e. The van der Waals surface area contributed by atoms with Crippen LogP contribution in [0.2, 0.25) is 0 Å². The normalized spacial score (nSPS) is 16.2. The molecule has 1 saturated heterocycles. The van der Waals surface area contributed by atoms with E-state index in [4.69, 9.17) is 0 Å². The highest BCUT2D eigenvalue weighted by atomic mass is 16.1. The van der Waals surface area contributed by atoms with Gasteiger partial charge >= 0.3 is 0 Å². The minimum atomic E-state index is -0.237. The molecule has 0 spiro atoms. The summed E-state index contributed by atoms with van der Waals surface area (Å²) in [6.07, 6.45) is 2.33. The highest BCUT2D eigenvalue weighted by molar-refractivity contribution is 5.87. The summed E-state index contributed by atoms with van der Waals surface area (Å²) < 4.78 is 0. The highest BCUT2D eigenvalue weighted by Gasteiger charge is 2.24. The van der Waals surface area contributed by atoms with Crippen LogP contribution in [0.15, 0.2) is 60.7 Å². The molecule has 0 radical (unpaired) electrons. The van der Waals surface area contributed by atoms with Crippen LogP contribution in [0.3, 0.4) is 0 Å². The van der Waals surface area contributed by atoms with Crippen LogP contribution in [0, 0.1) is 5.92 Å². The summed E-state index contributed by atoms with van der Waals surface area (Å²) in [5.41, 5.74) is 2.09. The lowest BCUT2D eigenvalue weighted by molar-refractivity contribution is -0.121. The third-order valence-corrected chi connectivity index (χ3v) is 4.93. The molecule has 1 aliphatic heterocycles. The predicted octanol–water partition coefficient (Wildman–Crippen LogP) is 3.28. The average Bonchev–Trinajstić information content (AvgIpc) is 2.63. The predicted molar refractivity (Wildman–Crippen MR) is 98.0 cm³/mol. The van der Waals surface area contributed by atoms with E-state index in [0.717, 1.165) is 43.6 Å². The molecular formula is C21H26N2O. The summed E-state index contributed by atoms with van der Waals surface area (Å²) in [5.74, 6) is 0.460. The van der Waals surface area contributed by atoms with Crippen LogP contribution in [-0.2, 0) is 4.79 Å². The van der Waals surface area contributed by atoms with Crippen molar-refractivity contribution in [3.63, 3.8) is 0 Å². The number of piperidine rings is 1. The van der Waals surface area contributed by atoms with E-state index in [-0.39, 0.29) is 11.8 Å². The van der Waals surface area contributed by atoms with Gasteiger partial charge in [0.2, 0.25) is 5.91 Å². The summed E-state index contributed by atoms with van der Waals surface area (Å²) in [7, 11) is 2.16. The number of hydrogen-bond acceptors (Lipinski definition) is 2. The molecule has 2 aromatic carbocycles. The Morgan fingerprint density at radius 1 is 1.00 bits per heavy atom. The first-order valence-corrected chi connectivity index (χ1v) is 8.80. The summed E-state index contributed by atoms with van der Waals surface area (Å²) in [5, 5.41) is 3.21. The van der Waals surface area contributed by atoms with Gasteiger partial charge in [0.05, 0.1) is 5.92 Å². The molecule has 0 saturated carbocycles. The maximum Gasteiger partial charge on any atom is 0.232 e. The van der Waals surface area contributed by atoms with Crippen LogP contribution in [0.4, 0.5) is 0 Å². The summed E-state index contributed by atoms with van der Waals surface area (Å²) in [6, 6.07) is 20.1. The SMILES string of the molecule is CN1CCC(CNC(=O)C(c2ccccc2)c2ccccc2)CC1. The van der Waals surface area contributed by atoms with E-state index in [1.807, 2.05) is 60.7 Å². The van der Waals surface area contributed by atoms with Crippen molar-refractivity contribution in [3.8, 4) is 0 Å². The lowest BCUT2D eigenvalue weighted by Gasteiger charge is -2.29. The number of amides is 1. The van der Waals surface area contributed by atoms with Crippen LogP contribution >= 0.6 is 0 Å². The molecule has 0 unspecified atom stereocenters. The largest absolute Gasteiger partial charge is 0.355 e. The van der Waals surface area contributed by atoms with Gasteiger partial charge in [-0.2, -0.15) is 0 Å². The minimum Gasteiger partial charge on any atom is -0.355 e. The molecule has 2 aromatic rings. The van der Waals surface area contributed by atoms with E-state index in [2.05, 4.69) is 17.3 Å². The molecule has 0 atom stereocenters. The Hall–Kier alpha value is -2.13. The van der Waals surface area contributed by atoms with Crippen LogP contribution in [-0.4, -0.2) is 37.5 Å². The molecule has 1 N–H and O–H groups in total. The number of rotatable bonds is 5.